The molecule has 1 aromatic carbocycles. The first-order chi connectivity index (χ1) is 9.92. The molecule has 0 aliphatic carbocycles. The van der Waals surface area contributed by atoms with Gasteiger partial charge in [-0.05, 0) is 49.4 Å². The minimum Gasteiger partial charge on any atom is -0.493 e. The maximum atomic E-state index is 5.80. The molecular formula is C17H21NO2. The van der Waals surface area contributed by atoms with E-state index in [2.05, 4.69) is 41.2 Å². The van der Waals surface area contributed by atoms with Gasteiger partial charge in [-0.1, -0.05) is 6.07 Å². The highest BCUT2D eigenvalue weighted by Gasteiger charge is 2.10. The van der Waals surface area contributed by atoms with E-state index in [0.29, 0.717) is 0 Å². The molecule has 3 nitrogen and oxygen atoms in total. The van der Waals surface area contributed by atoms with Crippen LogP contribution in [0.4, 0.5) is 0 Å². The van der Waals surface area contributed by atoms with Crippen molar-refractivity contribution in [3.05, 3.63) is 48.3 Å². The van der Waals surface area contributed by atoms with Crippen LogP contribution in [-0.4, -0.2) is 17.8 Å². The number of unbranched alkanes of at least 4 members (excludes halogenated alkanes) is 1. The quantitative estimate of drug-likeness (QED) is 0.748. The van der Waals surface area contributed by atoms with Crippen LogP contribution in [0, 0.1) is 0 Å². The summed E-state index contributed by atoms with van der Waals surface area (Å²) in [6.07, 6.45) is 8.63. The van der Waals surface area contributed by atoms with E-state index in [0.717, 1.165) is 56.9 Å². The Morgan fingerprint density at radius 2 is 2.05 bits per heavy atom. The van der Waals surface area contributed by atoms with E-state index in [1.165, 1.54) is 5.56 Å². The standard InChI is InChI=1S/C17H21NO2/c1-2-10-18(9-1)11-3-4-12-19-16-8-7-15-6-5-13-20-17(15)14-16/h1-2,7-10,14H,3-6,11-13H2. The molecular weight excluding hydrogens is 250 g/mol. The molecule has 0 spiro atoms. The Hall–Kier alpha value is -1.90. The van der Waals surface area contributed by atoms with Gasteiger partial charge < -0.3 is 14.0 Å². The summed E-state index contributed by atoms with van der Waals surface area (Å²) >= 11 is 0. The maximum absolute atomic E-state index is 5.80. The van der Waals surface area contributed by atoms with E-state index in [1.54, 1.807) is 0 Å². The number of aryl methyl sites for hydroxylation is 2. The van der Waals surface area contributed by atoms with Crippen LogP contribution in [0.5, 0.6) is 11.5 Å². The second-order valence-corrected chi connectivity index (χ2v) is 5.20. The zero-order chi connectivity index (χ0) is 13.6. The van der Waals surface area contributed by atoms with Crippen molar-refractivity contribution >= 4 is 0 Å². The molecule has 0 N–H and O–H groups in total. The summed E-state index contributed by atoms with van der Waals surface area (Å²) < 4.78 is 13.7. The molecule has 3 rings (SSSR count). The predicted molar refractivity (Wildman–Crippen MR) is 79.4 cm³/mol. The zero-order valence-electron chi connectivity index (χ0n) is 11.8. The molecule has 1 aromatic heterocycles. The van der Waals surface area contributed by atoms with Crippen molar-refractivity contribution in [2.75, 3.05) is 13.2 Å². The SMILES string of the molecule is c1ccn(CCCCOc2ccc3c(c2)OCCC3)c1. The predicted octanol–water partition coefficient (Wildman–Crippen LogP) is 3.67. The number of fused-ring (bicyclic) bond motifs is 1. The Kier molecular flexibility index (Phi) is 4.26. The summed E-state index contributed by atoms with van der Waals surface area (Å²) in [4.78, 5) is 0. The molecule has 0 fully saturated rings. The molecule has 20 heavy (non-hydrogen) atoms. The first-order valence-electron chi connectivity index (χ1n) is 7.41. The van der Waals surface area contributed by atoms with Crippen molar-refractivity contribution in [3.8, 4) is 11.5 Å². The topological polar surface area (TPSA) is 23.4 Å². The maximum Gasteiger partial charge on any atom is 0.126 e. The highest BCUT2D eigenvalue weighted by molar-refractivity contribution is 5.41. The summed E-state index contributed by atoms with van der Waals surface area (Å²) in [5.74, 6) is 1.92. The van der Waals surface area contributed by atoms with Gasteiger partial charge in [0.2, 0.25) is 0 Å². The fourth-order valence-electron chi connectivity index (χ4n) is 2.52. The van der Waals surface area contributed by atoms with E-state index in [1.807, 2.05) is 6.07 Å². The van der Waals surface area contributed by atoms with Gasteiger partial charge in [0.05, 0.1) is 13.2 Å². The van der Waals surface area contributed by atoms with Crippen LogP contribution >= 0.6 is 0 Å². The van der Waals surface area contributed by atoms with Crippen LogP contribution in [0.1, 0.15) is 24.8 Å². The van der Waals surface area contributed by atoms with Gasteiger partial charge in [-0.2, -0.15) is 0 Å². The molecule has 0 atom stereocenters. The molecule has 106 valence electrons. The largest absolute Gasteiger partial charge is 0.493 e. The number of hydrogen-bond donors (Lipinski definition) is 0. The molecule has 3 heteroatoms. The summed E-state index contributed by atoms with van der Waals surface area (Å²) in [5, 5.41) is 0. The summed E-state index contributed by atoms with van der Waals surface area (Å²) in [6, 6.07) is 10.3. The summed E-state index contributed by atoms with van der Waals surface area (Å²) in [5.41, 5.74) is 1.30. The van der Waals surface area contributed by atoms with E-state index in [-0.39, 0.29) is 0 Å². The fraction of sp³-hybridized carbons (Fsp3) is 0.412. The molecule has 0 unspecified atom stereocenters. The van der Waals surface area contributed by atoms with Crippen LogP contribution in [0.3, 0.4) is 0 Å². The van der Waals surface area contributed by atoms with Crippen molar-refractivity contribution in [2.45, 2.75) is 32.2 Å². The van der Waals surface area contributed by atoms with Crippen molar-refractivity contribution in [1.29, 1.82) is 0 Å². The van der Waals surface area contributed by atoms with Gasteiger partial charge in [-0.15, -0.1) is 0 Å². The van der Waals surface area contributed by atoms with Crippen LogP contribution in [0.2, 0.25) is 0 Å². The van der Waals surface area contributed by atoms with E-state index in [9.17, 15) is 0 Å². The second kappa shape index (κ2) is 6.51. The second-order valence-electron chi connectivity index (χ2n) is 5.20. The fourth-order valence-corrected chi connectivity index (χ4v) is 2.52. The number of benzene rings is 1. The number of hydrogen-bond acceptors (Lipinski definition) is 2. The molecule has 1 aliphatic heterocycles. The Morgan fingerprint density at radius 3 is 2.95 bits per heavy atom. The van der Waals surface area contributed by atoms with Crippen molar-refractivity contribution in [3.63, 3.8) is 0 Å². The molecule has 2 aromatic rings. The minimum atomic E-state index is 0.764. The molecule has 0 amide bonds. The first kappa shape index (κ1) is 13.1. The monoisotopic (exact) mass is 271 g/mol. The number of ether oxygens (including phenoxy) is 2. The summed E-state index contributed by atoms with van der Waals surface area (Å²) in [6.45, 7) is 2.65. The van der Waals surface area contributed by atoms with Gasteiger partial charge >= 0.3 is 0 Å². The molecule has 1 aliphatic rings. The lowest BCUT2D eigenvalue weighted by molar-refractivity contribution is 0.278. The molecule has 2 heterocycles. The van der Waals surface area contributed by atoms with Crippen LogP contribution in [0.25, 0.3) is 0 Å². The van der Waals surface area contributed by atoms with Crippen LogP contribution in [0.15, 0.2) is 42.7 Å². The Bertz CT molecular complexity index is 534. The van der Waals surface area contributed by atoms with Gasteiger partial charge in [0.15, 0.2) is 0 Å². The van der Waals surface area contributed by atoms with Gasteiger partial charge in [-0.25, -0.2) is 0 Å². The third-order valence-corrected chi connectivity index (χ3v) is 3.63. The number of nitrogens with zero attached hydrogens (tertiary/aromatic N) is 1. The third-order valence-electron chi connectivity index (χ3n) is 3.63. The zero-order valence-corrected chi connectivity index (χ0v) is 11.8. The lowest BCUT2D eigenvalue weighted by atomic mass is 10.1. The van der Waals surface area contributed by atoms with Gasteiger partial charge in [0, 0.05) is 25.0 Å². The summed E-state index contributed by atoms with van der Waals surface area (Å²) in [7, 11) is 0. The van der Waals surface area contributed by atoms with Gasteiger partial charge in [0.1, 0.15) is 11.5 Å². The van der Waals surface area contributed by atoms with Gasteiger partial charge in [0.25, 0.3) is 0 Å². The van der Waals surface area contributed by atoms with E-state index in [4.69, 9.17) is 9.47 Å². The average Bonchev–Trinajstić information content (AvgIpc) is 3.00. The van der Waals surface area contributed by atoms with Crippen molar-refractivity contribution in [2.24, 2.45) is 0 Å². The molecule has 0 bridgehead atoms. The minimum absolute atomic E-state index is 0.764. The van der Waals surface area contributed by atoms with Crippen molar-refractivity contribution < 1.29 is 9.47 Å². The van der Waals surface area contributed by atoms with E-state index >= 15 is 0 Å². The third kappa shape index (κ3) is 3.35. The van der Waals surface area contributed by atoms with Crippen molar-refractivity contribution in [1.82, 2.24) is 4.57 Å². The lowest BCUT2D eigenvalue weighted by Crippen LogP contribution is -2.08. The highest BCUT2D eigenvalue weighted by Crippen LogP contribution is 2.29. The first-order valence-corrected chi connectivity index (χ1v) is 7.41. The smallest absolute Gasteiger partial charge is 0.126 e. The van der Waals surface area contributed by atoms with E-state index < -0.39 is 0 Å². The Morgan fingerprint density at radius 1 is 1.15 bits per heavy atom. The van der Waals surface area contributed by atoms with Crippen LogP contribution < -0.4 is 9.47 Å². The Labute approximate surface area is 120 Å². The van der Waals surface area contributed by atoms with Gasteiger partial charge in [-0.3, -0.25) is 0 Å². The molecule has 0 radical (unpaired) electrons. The lowest BCUT2D eigenvalue weighted by Gasteiger charge is -2.18. The average molecular weight is 271 g/mol. The molecule has 0 saturated heterocycles. The molecule has 0 saturated carbocycles. The number of aromatic nitrogens is 1. The van der Waals surface area contributed by atoms with Crippen LogP contribution in [-0.2, 0) is 13.0 Å². The normalized spacial score (nSPS) is 13.6. The highest BCUT2D eigenvalue weighted by atomic mass is 16.5. The Balaban J connectivity index is 1.42. The number of rotatable bonds is 6.